The van der Waals surface area contributed by atoms with E-state index in [2.05, 4.69) is 75.0 Å². The van der Waals surface area contributed by atoms with Gasteiger partial charge in [-0.2, -0.15) is 0 Å². The molecule has 0 atom stereocenters. The highest BCUT2D eigenvalue weighted by Gasteiger charge is 2.28. The van der Waals surface area contributed by atoms with Gasteiger partial charge in [0.1, 0.15) is 5.75 Å². The fourth-order valence-corrected chi connectivity index (χ4v) is 6.17. The van der Waals surface area contributed by atoms with Crippen LogP contribution in [0.1, 0.15) is 82.0 Å². The smallest absolute Gasteiger partial charge is 0.246 e. The highest BCUT2D eigenvalue weighted by Crippen LogP contribution is 2.42. The SMILES string of the molecule is CC(C)(C)c1cc(-c2csc(C3CCN(C(=O)C=Cc4ccccc4Br)CC3)n2)cc(C(C)(C)C)c1O. The molecule has 2 heterocycles. The molecule has 0 radical (unpaired) electrons. The van der Waals surface area contributed by atoms with Gasteiger partial charge in [-0.15, -0.1) is 11.3 Å². The van der Waals surface area contributed by atoms with Crippen molar-refractivity contribution in [2.75, 3.05) is 13.1 Å². The molecule has 1 aromatic heterocycles. The average Bonchev–Trinajstić information content (AvgIpc) is 3.32. The minimum Gasteiger partial charge on any atom is -0.507 e. The number of carbonyl (C=O) groups excluding carboxylic acids is 1. The van der Waals surface area contributed by atoms with Crippen molar-refractivity contribution in [2.24, 2.45) is 0 Å². The van der Waals surface area contributed by atoms with E-state index in [0.29, 0.717) is 11.7 Å². The zero-order valence-corrected chi connectivity index (χ0v) is 25.0. The molecule has 196 valence electrons. The molecule has 0 bridgehead atoms. The number of aromatic hydroxyl groups is 1. The number of aromatic nitrogens is 1. The molecule has 2 aromatic carbocycles. The van der Waals surface area contributed by atoms with Crippen LogP contribution in [0, 0.1) is 0 Å². The Balaban J connectivity index is 1.48. The van der Waals surface area contributed by atoms with E-state index in [9.17, 15) is 9.90 Å². The number of hydrogen-bond acceptors (Lipinski definition) is 4. The van der Waals surface area contributed by atoms with Crippen LogP contribution in [0.3, 0.4) is 0 Å². The summed E-state index contributed by atoms with van der Waals surface area (Å²) in [6.45, 7) is 14.3. The number of halogens is 1. The van der Waals surface area contributed by atoms with Gasteiger partial charge in [0.15, 0.2) is 0 Å². The molecule has 1 N–H and O–H groups in total. The maximum absolute atomic E-state index is 12.8. The second-order valence-corrected chi connectivity index (χ2v) is 13.7. The Labute approximate surface area is 233 Å². The Hall–Kier alpha value is -2.44. The van der Waals surface area contributed by atoms with Crippen LogP contribution >= 0.6 is 27.3 Å². The van der Waals surface area contributed by atoms with Crippen molar-refractivity contribution in [3.8, 4) is 17.0 Å². The number of rotatable bonds is 4. The molecule has 1 amide bonds. The summed E-state index contributed by atoms with van der Waals surface area (Å²) < 4.78 is 0.982. The van der Waals surface area contributed by atoms with Crippen molar-refractivity contribution in [1.82, 2.24) is 9.88 Å². The van der Waals surface area contributed by atoms with Crippen LogP contribution in [-0.4, -0.2) is 34.0 Å². The van der Waals surface area contributed by atoms with E-state index in [0.717, 1.165) is 63.4 Å². The number of piperidine rings is 1. The number of benzene rings is 2. The van der Waals surface area contributed by atoms with E-state index in [1.165, 1.54) is 0 Å². The first kappa shape index (κ1) is 27.6. The van der Waals surface area contributed by atoms with E-state index in [4.69, 9.17) is 4.98 Å². The molecule has 0 aliphatic carbocycles. The van der Waals surface area contributed by atoms with Gasteiger partial charge in [0.25, 0.3) is 0 Å². The lowest BCUT2D eigenvalue weighted by Gasteiger charge is -2.30. The molecule has 4 rings (SSSR count). The van der Waals surface area contributed by atoms with Gasteiger partial charge in [-0.3, -0.25) is 4.79 Å². The highest BCUT2D eigenvalue weighted by molar-refractivity contribution is 9.10. The number of nitrogens with zero attached hydrogens (tertiary/aromatic N) is 2. The van der Waals surface area contributed by atoms with E-state index in [1.54, 1.807) is 17.4 Å². The summed E-state index contributed by atoms with van der Waals surface area (Å²) in [6, 6.07) is 12.1. The molecule has 6 heteroatoms. The normalized spacial score (nSPS) is 15.5. The first-order valence-electron chi connectivity index (χ1n) is 12.9. The van der Waals surface area contributed by atoms with Crippen molar-refractivity contribution in [3.63, 3.8) is 0 Å². The van der Waals surface area contributed by atoms with Gasteiger partial charge >= 0.3 is 0 Å². The van der Waals surface area contributed by atoms with Crippen LogP contribution in [-0.2, 0) is 15.6 Å². The van der Waals surface area contributed by atoms with Crippen LogP contribution < -0.4 is 0 Å². The third-order valence-corrected chi connectivity index (χ3v) is 8.74. The van der Waals surface area contributed by atoms with Gasteiger partial charge < -0.3 is 10.0 Å². The van der Waals surface area contributed by atoms with E-state index in [-0.39, 0.29) is 16.7 Å². The van der Waals surface area contributed by atoms with E-state index >= 15 is 0 Å². The fraction of sp³-hybridized carbons (Fsp3) is 0.419. The zero-order chi connectivity index (χ0) is 27.0. The molecular weight excluding hydrogens is 544 g/mol. The maximum Gasteiger partial charge on any atom is 0.246 e. The molecular formula is C31H37BrN2O2S. The summed E-state index contributed by atoms with van der Waals surface area (Å²) in [5.74, 6) is 0.809. The second kappa shape index (κ2) is 10.7. The molecule has 0 saturated carbocycles. The number of carbonyl (C=O) groups is 1. The number of phenols is 1. The first-order chi connectivity index (χ1) is 17.3. The number of thiazole rings is 1. The summed E-state index contributed by atoms with van der Waals surface area (Å²) in [5.41, 5.74) is 4.57. The van der Waals surface area contributed by atoms with Crippen LogP contribution in [0.15, 0.2) is 52.3 Å². The molecule has 0 spiro atoms. The predicted octanol–water partition coefficient (Wildman–Crippen LogP) is 8.29. The van der Waals surface area contributed by atoms with Crippen LogP contribution in [0.2, 0.25) is 0 Å². The molecule has 1 aliphatic rings. The predicted molar refractivity (Wildman–Crippen MR) is 158 cm³/mol. The van der Waals surface area contributed by atoms with Crippen LogP contribution in [0.5, 0.6) is 5.75 Å². The number of likely N-dealkylation sites (tertiary alicyclic amines) is 1. The van der Waals surface area contributed by atoms with Gasteiger partial charge in [-0.25, -0.2) is 4.98 Å². The lowest BCUT2D eigenvalue weighted by molar-refractivity contribution is -0.126. The number of hydrogen-bond donors (Lipinski definition) is 1. The molecule has 0 unspecified atom stereocenters. The lowest BCUT2D eigenvalue weighted by atomic mass is 9.78. The quantitative estimate of drug-likeness (QED) is 0.316. The monoisotopic (exact) mass is 580 g/mol. The van der Waals surface area contributed by atoms with Crippen LogP contribution in [0.4, 0.5) is 0 Å². The summed E-state index contributed by atoms with van der Waals surface area (Å²) in [5, 5.41) is 14.3. The molecule has 1 aliphatic heterocycles. The Morgan fingerprint density at radius 1 is 1.05 bits per heavy atom. The summed E-state index contributed by atoms with van der Waals surface area (Å²) in [6.07, 6.45) is 5.38. The Bertz CT molecular complexity index is 1270. The van der Waals surface area contributed by atoms with Crippen molar-refractivity contribution < 1.29 is 9.90 Å². The average molecular weight is 582 g/mol. The molecule has 37 heavy (non-hydrogen) atoms. The number of phenolic OH excluding ortho intramolecular Hbond substituents is 1. The molecule has 1 fully saturated rings. The Kier molecular flexibility index (Phi) is 8.01. The summed E-state index contributed by atoms with van der Waals surface area (Å²) >= 11 is 5.24. The van der Waals surface area contributed by atoms with Crippen molar-refractivity contribution in [1.29, 1.82) is 0 Å². The van der Waals surface area contributed by atoms with Crippen molar-refractivity contribution in [2.45, 2.75) is 71.1 Å². The second-order valence-electron chi connectivity index (χ2n) is 11.9. The molecule has 3 aromatic rings. The molecule has 1 saturated heterocycles. The topological polar surface area (TPSA) is 53.4 Å². The van der Waals surface area contributed by atoms with Gasteiger partial charge in [0.05, 0.1) is 10.7 Å². The maximum atomic E-state index is 12.8. The van der Waals surface area contributed by atoms with E-state index in [1.807, 2.05) is 35.2 Å². The highest BCUT2D eigenvalue weighted by atomic mass is 79.9. The van der Waals surface area contributed by atoms with Crippen LogP contribution in [0.25, 0.3) is 17.3 Å². The van der Waals surface area contributed by atoms with Gasteiger partial charge in [-0.05, 0) is 53.5 Å². The standard InChI is InChI=1S/C31H37BrN2O2S/c1-30(2,3)23-17-22(18-24(28(23)36)31(4,5)6)26-19-37-29(33-26)21-13-15-34(16-14-21)27(35)12-11-20-9-7-8-10-25(20)32/h7-12,17-19,21,36H,13-16H2,1-6H3. The van der Waals surface area contributed by atoms with E-state index < -0.39 is 0 Å². The third-order valence-electron chi connectivity index (χ3n) is 7.01. The minimum absolute atomic E-state index is 0.0579. The molecule has 4 nitrogen and oxygen atoms in total. The fourth-order valence-electron chi connectivity index (χ4n) is 4.76. The van der Waals surface area contributed by atoms with Crippen molar-refractivity contribution in [3.05, 3.63) is 74.0 Å². The van der Waals surface area contributed by atoms with Gasteiger partial charge in [0, 0.05) is 51.6 Å². The summed E-state index contributed by atoms with van der Waals surface area (Å²) in [7, 11) is 0. The number of amides is 1. The first-order valence-corrected chi connectivity index (χ1v) is 14.6. The van der Waals surface area contributed by atoms with Gasteiger partial charge in [-0.1, -0.05) is 75.7 Å². The Morgan fingerprint density at radius 2 is 1.65 bits per heavy atom. The zero-order valence-electron chi connectivity index (χ0n) is 22.6. The largest absolute Gasteiger partial charge is 0.507 e. The lowest BCUT2D eigenvalue weighted by Crippen LogP contribution is -2.36. The van der Waals surface area contributed by atoms with Crippen molar-refractivity contribution >= 4 is 39.2 Å². The third kappa shape index (κ3) is 6.35. The van der Waals surface area contributed by atoms with Gasteiger partial charge in [0.2, 0.25) is 5.91 Å². The minimum atomic E-state index is -0.177. The summed E-state index contributed by atoms with van der Waals surface area (Å²) in [4.78, 5) is 19.7. The Morgan fingerprint density at radius 3 is 2.22 bits per heavy atom.